The standard InChI is InChI=1S/C8H8BrFN2O2/c9-4-1-5(10)8(12-3-4)6(11)2-7(13)14/h1,3,6H,2,11H2,(H,13,14). The van der Waals surface area contributed by atoms with Crippen LogP contribution in [0, 0.1) is 5.82 Å². The van der Waals surface area contributed by atoms with E-state index in [9.17, 15) is 9.18 Å². The van der Waals surface area contributed by atoms with E-state index in [4.69, 9.17) is 10.8 Å². The fourth-order valence-electron chi connectivity index (χ4n) is 0.983. The third-order valence-corrected chi connectivity index (χ3v) is 2.02. The Morgan fingerprint density at radius 1 is 1.79 bits per heavy atom. The number of aromatic nitrogens is 1. The molecule has 0 bridgehead atoms. The fourth-order valence-corrected chi connectivity index (χ4v) is 1.29. The summed E-state index contributed by atoms with van der Waals surface area (Å²) < 4.78 is 13.7. The molecule has 0 spiro atoms. The average Bonchev–Trinajstić information content (AvgIpc) is 2.01. The molecule has 0 saturated carbocycles. The molecule has 6 heteroatoms. The number of carboxylic acid groups (broad SMARTS) is 1. The third kappa shape index (κ3) is 2.74. The first-order valence-corrected chi connectivity index (χ1v) is 4.58. The second-order valence-corrected chi connectivity index (χ2v) is 3.64. The molecule has 0 aliphatic carbocycles. The molecule has 1 rings (SSSR count). The molecule has 0 aliphatic rings. The topological polar surface area (TPSA) is 76.2 Å². The van der Waals surface area contributed by atoms with Crippen LogP contribution in [0.15, 0.2) is 16.7 Å². The molecule has 1 heterocycles. The van der Waals surface area contributed by atoms with Crippen LogP contribution in [0.4, 0.5) is 4.39 Å². The Labute approximate surface area is 88.1 Å². The molecule has 0 aromatic carbocycles. The second-order valence-electron chi connectivity index (χ2n) is 2.72. The predicted molar refractivity (Wildman–Crippen MR) is 51.1 cm³/mol. The van der Waals surface area contributed by atoms with Crippen LogP contribution in [0.3, 0.4) is 0 Å². The number of nitrogens with zero attached hydrogens (tertiary/aromatic N) is 1. The van der Waals surface area contributed by atoms with E-state index in [2.05, 4.69) is 20.9 Å². The number of aliphatic carboxylic acids is 1. The van der Waals surface area contributed by atoms with E-state index in [-0.39, 0.29) is 12.1 Å². The SMILES string of the molecule is NC(CC(=O)O)c1ncc(Br)cc1F. The van der Waals surface area contributed by atoms with Crippen LogP contribution in [-0.2, 0) is 4.79 Å². The van der Waals surface area contributed by atoms with E-state index in [0.29, 0.717) is 4.47 Å². The largest absolute Gasteiger partial charge is 0.481 e. The van der Waals surface area contributed by atoms with Crippen molar-refractivity contribution in [1.29, 1.82) is 0 Å². The van der Waals surface area contributed by atoms with Gasteiger partial charge in [-0.15, -0.1) is 0 Å². The summed E-state index contributed by atoms with van der Waals surface area (Å²) in [4.78, 5) is 14.0. The molecule has 3 N–H and O–H groups in total. The zero-order chi connectivity index (χ0) is 10.7. The van der Waals surface area contributed by atoms with Crippen molar-refractivity contribution >= 4 is 21.9 Å². The lowest BCUT2D eigenvalue weighted by Crippen LogP contribution is -2.17. The van der Waals surface area contributed by atoms with Crippen molar-refractivity contribution < 1.29 is 14.3 Å². The summed E-state index contributed by atoms with van der Waals surface area (Å²) in [5, 5.41) is 8.45. The first kappa shape index (κ1) is 11.1. The van der Waals surface area contributed by atoms with E-state index in [1.54, 1.807) is 0 Å². The van der Waals surface area contributed by atoms with Gasteiger partial charge in [0.05, 0.1) is 18.2 Å². The quantitative estimate of drug-likeness (QED) is 0.865. The molecule has 1 atom stereocenters. The third-order valence-electron chi connectivity index (χ3n) is 1.58. The fraction of sp³-hybridized carbons (Fsp3) is 0.250. The van der Waals surface area contributed by atoms with Crippen LogP contribution in [0.2, 0.25) is 0 Å². The number of nitrogens with two attached hydrogens (primary N) is 1. The van der Waals surface area contributed by atoms with Gasteiger partial charge in [-0.25, -0.2) is 4.39 Å². The number of halogens is 2. The van der Waals surface area contributed by atoms with Gasteiger partial charge in [-0.1, -0.05) is 0 Å². The van der Waals surface area contributed by atoms with Crippen LogP contribution >= 0.6 is 15.9 Å². The molecular weight excluding hydrogens is 255 g/mol. The minimum absolute atomic E-state index is 0.0319. The highest BCUT2D eigenvalue weighted by Crippen LogP contribution is 2.18. The summed E-state index contributed by atoms with van der Waals surface area (Å²) in [6.45, 7) is 0. The normalized spacial score (nSPS) is 12.5. The molecular formula is C8H8BrFN2O2. The van der Waals surface area contributed by atoms with Crippen LogP contribution in [-0.4, -0.2) is 16.1 Å². The van der Waals surface area contributed by atoms with Gasteiger partial charge in [-0.3, -0.25) is 9.78 Å². The van der Waals surface area contributed by atoms with Gasteiger partial charge in [0, 0.05) is 10.7 Å². The Balaban J connectivity index is 2.90. The van der Waals surface area contributed by atoms with Gasteiger partial charge in [0.1, 0.15) is 5.82 Å². The van der Waals surface area contributed by atoms with Gasteiger partial charge < -0.3 is 10.8 Å². The minimum atomic E-state index is -1.08. The lowest BCUT2D eigenvalue weighted by atomic mass is 10.1. The Hall–Kier alpha value is -1.01. The number of carboxylic acids is 1. The number of hydrogen-bond donors (Lipinski definition) is 2. The average molecular weight is 263 g/mol. The van der Waals surface area contributed by atoms with Crippen molar-refractivity contribution in [2.45, 2.75) is 12.5 Å². The summed E-state index contributed by atoms with van der Waals surface area (Å²) in [5.41, 5.74) is 5.42. The first-order valence-electron chi connectivity index (χ1n) is 3.79. The number of carbonyl (C=O) groups is 1. The number of rotatable bonds is 3. The van der Waals surface area contributed by atoms with Crippen molar-refractivity contribution in [2.75, 3.05) is 0 Å². The van der Waals surface area contributed by atoms with Gasteiger partial charge >= 0.3 is 5.97 Å². The molecule has 0 amide bonds. The van der Waals surface area contributed by atoms with Crippen LogP contribution < -0.4 is 5.73 Å². The van der Waals surface area contributed by atoms with Crippen molar-refractivity contribution in [3.8, 4) is 0 Å². The van der Waals surface area contributed by atoms with Crippen LogP contribution in [0.1, 0.15) is 18.2 Å². The zero-order valence-corrected chi connectivity index (χ0v) is 8.66. The Morgan fingerprint density at radius 3 is 2.93 bits per heavy atom. The molecule has 1 aromatic rings. The van der Waals surface area contributed by atoms with Gasteiger partial charge in [-0.2, -0.15) is 0 Å². The van der Waals surface area contributed by atoms with E-state index in [0.717, 1.165) is 0 Å². The summed E-state index contributed by atoms with van der Waals surface area (Å²) in [7, 11) is 0. The maximum atomic E-state index is 13.2. The first-order chi connectivity index (χ1) is 6.50. The molecule has 0 fully saturated rings. The van der Waals surface area contributed by atoms with Gasteiger partial charge in [-0.05, 0) is 22.0 Å². The molecule has 14 heavy (non-hydrogen) atoms. The Bertz CT molecular complexity index is 359. The molecule has 0 saturated heterocycles. The molecule has 1 aromatic heterocycles. The summed E-state index contributed by atoms with van der Waals surface area (Å²) in [6, 6.07) is 0.282. The van der Waals surface area contributed by atoms with Gasteiger partial charge in [0.15, 0.2) is 0 Å². The maximum absolute atomic E-state index is 13.2. The lowest BCUT2D eigenvalue weighted by molar-refractivity contribution is -0.137. The van der Waals surface area contributed by atoms with Gasteiger partial charge in [0.25, 0.3) is 0 Å². The van der Waals surface area contributed by atoms with E-state index >= 15 is 0 Å². The zero-order valence-electron chi connectivity index (χ0n) is 7.08. The molecule has 4 nitrogen and oxygen atoms in total. The molecule has 0 aliphatic heterocycles. The van der Waals surface area contributed by atoms with Crippen molar-refractivity contribution in [3.63, 3.8) is 0 Å². The maximum Gasteiger partial charge on any atom is 0.305 e. The van der Waals surface area contributed by atoms with E-state index in [1.165, 1.54) is 12.3 Å². The van der Waals surface area contributed by atoms with Crippen molar-refractivity contribution in [1.82, 2.24) is 4.98 Å². The predicted octanol–water partition coefficient (Wildman–Crippen LogP) is 1.46. The summed E-state index contributed by atoms with van der Waals surface area (Å²) >= 11 is 3.04. The minimum Gasteiger partial charge on any atom is -0.481 e. The highest BCUT2D eigenvalue weighted by Gasteiger charge is 2.16. The van der Waals surface area contributed by atoms with Crippen molar-refractivity contribution in [2.24, 2.45) is 5.73 Å². The lowest BCUT2D eigenvalue weighted by Gasteiger charge is -2.08. The van der Waals surface area contributed by atoms with Crippen molar-refractivity contribution in [3.05, 3.63) is 28.2 Å². The Morgan fingerprint density at radius 2 is 2.43 bits per heavy atom. The number of hydrogen-bond acceptors (Lipinski definition) is 3. The van der Waals surface area contributed by atoms with Crippen LogP contribution in [0.5, 0.6) is 0 Å². The van der Waals surface area contributed by atoms with Crippen LogP contribution in [0.25, 0.3) is 0 Å². The molecule has 1 unspecified atom stereocenters. The molecule has 76 valence electrons. The smallest absolute Gasteiger partial charge is 0.305 e. The highest BCUT2D eigenvalue weighted by atomic mass is 79.9. The second kappa shape index (κ2) is 4.47. The van der Waals surface area contributed by atoms with E-state index in [1.807, 2.05) is 0 Å². The van der Waals surface area contributed by atoms with E-state index < -0.39 is 17.8 Å². The monoisotopic (exact) mass is 262 g/mol. The summed E-state index contributed by atoms with van der Waals surface area (Å²) in [5.74, 6) is -1.69. The van der Waals surface area contributed by atoms with Gasteiger partial charge in [0.2, 0.25) is 0 Å². The number of pyridine rings is 1. The highest BCUT2D eigenvalue weighted by molar-refractivity contribution is 9.10. The summed E-state index contributed by atoms with van der Waals surface area (Å²) in [6.07, 6.45) is 1.03. The Kier molecular flexibility index (Phi) is 3.54. The molecule has 0 radical (unpaired) electrons.